The van der Waals surface area contributed by atoms with Crippen LogP contribution < -0.4 is 10.1 Å². The van der Waals surface area contributed by atoms with Gasteiger partial charge in [0.1, 0.15) is 5.75 Å². The van der Waals surface area contributed by atoms with Crippen molar-refractivity contribution in [1.29, 1.82) is 0 Å². The number of nitrogens with zero attached hydrogens (tertiary/aromatic N) is 1. The van der Waals surface area contributed by atoms with E-state index >= 15 is 0 Å². The molecule has 0 aliphatic carbocycles. The first-order valence-corrected chi connectivity index (χ1v) is 8.16. The summed E-state index contributed by atoms with van der Waals surface area (Å²) in [6.07, 6.45) is 0. The third-order valence-corrected chi connectivity index (χ3v) is 4.28. The van der Waals surface area contributed by atoms with Crippen LogP contribution in [0.2, 0.25) is 0 Å². The second kappa shape index (κ2) is 6.67. The van der Waals surface area contributed by atoms with Gasteiger partial charge >= 0.3 is 0 Å². The Labute approximate surface area is 140 Å². The molecule has 0 atom stereocenters. The van der Waals surface area contributed by atoms with E-state index < -0.39 is 0 Å². The van der Waals surface area contributed by atoms with Crippen LogP contribution in [-0.2, 0) is 0 Å². The number of ether oxygens (including phenoxy) is 1. The van der Waals surface area contributed by atoms with E-state index in [9.17, 15) is 0 Å². The first kappa shape index (κ1) is 15.3. The average Bonchev–Trinajstić information content (AvgIpc) is 3.04. The van der Waals surface area contributed by atoms with Crippen LogP contribution in [0.5, 0.6) is 5.75 Å². The average molecular weight is 322 g/mol. The van der Waals surface area contributed by atoms with E-state index in [0.29, 0.717) is 0 Å². The summed E-state index contributed by atoms with van der Waals surface area (Å²) in [5, 5.41) is 6.26. The van der Waals surface area contributed by atoms with Crippen molar-refractivity contribution in [2.75, 3.05) is 12.4 Å². The SMILES string of the molecule is C=C(C)c1ccc(Nc2nc(-c3ccc(OC)cc3)cs2)cc1. The van der Waals surface area contributed by atoms with Crippen LogP contribution in [0, 0.1) is 0 Å². The van der Waals surface area contributed by atoms with E-state index in [1.54, 1.807) is 18.4 Å². The monoisotopic (exact) mass is 322 g/mol. The Balaban J connectivity index is 1.74. The zero-order valence-electron chi connectivity index (χ0n) is 13.2. The molecule has 4 heteroatoms. The number of aromatic nitrogens is 1. The molecule has 0 fully saturated rings. The number of nitrogens with one attached hydrogen (secondary N) is 1. The summed E-state index contributed by atoms with van der Waals surface area (Å²) < 4.78 is 5.18. The molecule has 3 aromatic rings. The lowest BCUT2D eigenvalue weighted by molar-refractivity contribution is 0.415. The Morgan fingerprint density at radius 2 is 1.78 bits per heavy atom. The van der Waals surface area contributed by atoms with Gasteiger partial charge in [0.25, 0.3) is 0 Å². The van der Waals surface area contributed by atoms with E-state index in [4.69, 9.17) is 4.74 Å². The highest BCUT2D eigenvalue weighted by Gasteiger charge is 2.05. The topological polar surface area (TPSA) is 34.2 Å². The minimum atomic E-state index is 0.847. The van der Waals surface area contributed by atoms with Gasteiger partial charge in [0.2, 0.25) is 0 Å². The maximum Gasteiger partial charge on any atom is 0.187 e. The highest BCUT2D eigenvalue weighted by Crippen LogP contribution is 2.28. The standard InChI is InChI=1S/C19H18N2OS/c1-13(2)14-4-8-16(9-5-14)20-19-21-18(12-23-19)15-6-10-17(22-3)11-7-15/h4-12H,1H2,2-3H3,(H,20,21). The molecule has 0 amide bonds. The molecule has 3 rings (SSSR count). The number of methoxy groups -OCH3 is 1. The molecule has 1 aromatic heterocycles. The molecule has 0 saturated carbocycles. The largest absolute Gasteiger partial charge is 0.497 e. The summed E-state index contributed by atoms with van der Waals surface area (Å²) in [4.78, 5) is 4.64. The lowest BCUT2D eigenvalue weighted by Crippen LogP contribution is -1.90. The van der Waals surface area contributed by atoms with Crippen LogP contribution >= 0.6 is 11.3 Å². The Kier molecular flexibility index (Phi) is 4.44. The molecule has 1 heterocycles. The van der Waals surface area contributed by atoms with Gasteiger partial charge in [0.05, 0.1) is 12.8 Å². The minimum Gasteiger partial charge on any atom is -0.497 e. The van der Waals surface area contributed by atoms with Crippen LogP contribution in [0.15, 0.2) is 60.5 Å². The summed E-state index contributed by atoms with van der Waals surface area (Å²) >= 11 is 1.59. The zero-order valence-corrected chi connectivity index (χ0v) is 14.0. The van der Waals surface area contributed by atoms with Gasteiger partial charge in [-0.05, 0) is 48.9 Å². The molecule has 116 valence electrons. The van der Waals surface area contributed by atoms with Crippen molar-refractivity contribution in [2.45, 2.75) is 6.92 Å². The molecule has 0 unspecified atom stereocenters. The van der Waals surface area contributed by atoms with Gasteiger partial charge in [-0.25, -0.2) is 4.98 Å². The van der Waals surface area contributed by atoms with Crippen molar-refractivity contribution in [3.8, 4) is 17.0 Å². The number of benzene rings is 2. The molecule has 1 N–H and O–H groups in total. The van der Waals surface area contributed by atoms with Crippen molar-refractivity contribution in [3.05, 3.63) is 66.1 Å². The van der Waals surface area contributed by atoms with Gasteiger partial charge in [-0.3, -0.25) is 0 Å². The van der Waals surface area contributed by atoms with Gasteiger partial charge in [-0.2, -0.15) is 0 Å². The van der Waals surface area contributed by atoms with Crippen LogP contribution in [0.1, 0.15) is 12.5 Å². The van der Waals surface area contributed by atoms with Gasteiger partial charge in [-0.1, -0.05) is 24.3 Å². The van der Waals surface area contributed by atoms with E-state index in [1.807, 2.05) is 48.7 Å². The van der Waals surface area contributed by atoms with E-state index in [0.717, 1.165) is 39.0 Å². The van der Waals surface area contributed by atoms with Crippen molar-refractivity contribution >= 4 is 27.7 Å². The molecule has 0 spiro atoms. The molecule has 0 radical (unpaired) electrons. The molecule has 2 aromatic carbocycles. The second-order valence-electron chi connectivity index (χ2n) is 5.25. The normalized spacial score (nSPS) is 10.3. The van der Waals surface area contributed by atoms with Crippen LogP contribution in [0.25, 0.3) is 16.8 Å². The molecule has 0 aliphatic heterocycles. The molecule has 23 heavy (non-hydrogen) atoms. The quantitative estimate of drug-likeness (QED) is 0.664. The molecule has 0 aliphatic rings. The van der Waals surface area contributed by atoms with Gasteiger partial charge in [-0.15, -0.1) is 11.3 Å². The highest BCUT2D eigenvalue weighted by atomic mass is 32.1. The fourth-order valence-corrected chi connectivity index (χ4v) is 2.93. The summed E-state index contributed by atoms with van der Waals surface area (Å²) in [6.45, 7) is 5.95. The zero-order chi connectivity index (χ0) is 16.2. The van der Waals surface area contributed by atoms with E-state index in [-0.39, 0.29) is 0 Å². The lowest BCUT2D eigenvalue weighted by Gasteiger charge is -2.04. The predicted octanol–water partition coefficient (Wildman–Crippen LogP) is 5.60. The number of thiazole rings is 1. The summed E-state index contributed by atoms with van der Waals surface area (Å²) in [7, 11) is 1.67. The minimum absolute atomic E-state index is 0.847. The van der Waals surface area contributed by atoms with Gasteiger partial charge in [0.15, 0.2) is 5.13 Å². The lowest BCUT2D eigenvalue weighted by atomic mass is 10.1. The van der Waals surface area contributed by atoms with Crippen molar-refractivity contribution in [2.24, 2.45) is 0 Å². The van der Waals surface area contributed by atoms with E-state index in [2.05, 4.69) is 29.0 Å². The van der Waals surface area contributed by atoms with Gasteiger partial charge < -0.3 is 10.1 Å². The fraction of sp³-hybridized carbons (Fsp3) is 0.105. The number of allylic oxidation sites excluding steroid dienone is 1. The third-order valence-electron chi connectivity index (χ3n) is 3.52. The summed E-state index contributed by atoms with van der Waals surface area (Å²) in [5.74, 6) is 0.847. The maximum absolute atomic E-state index is 5.18. The first-order chi connectivity index (χ1) is 11.2. The Bertz CT molecular complexity index is 804. The van der Waals surface area contributed by atoms with Crippen LogP contribution in [0.3, 0.4) is 0 Å². The summed E-state index contributed by atoms with van der Waals surface area (Å²) in [6, 6.07) is 16.1. The molecule has 0 bridgehead atoms. The third kappa shape index (κ3) is 3.60. The van der Waals surface area contributed by atoms with Crippen LogP contribution in [-0.4, -0.2) is 12.1 Å². The van der Waals surface area contributed by atoms with Crippen molar-refractivity contribution < 1.29 is 4.74 Å². The smallest absolute Gasteiger partial charge is 0.187 e. The first-order valence-electron chi connectivity index (χ1n) is 7.28. The molecule has 3 nitrogen and oxygen atoms in total. The van der Waals surface area contributed by atoms with E-state index in [1.165, 1.54) is 0 Å². The van der Waals surface area contributed by atoms with Crippen LogP contribution in [0.4, 0.5) is 10.8 Å². The van der Waals surface area contributed by atoms with Crippen molar-refractivity contribution in [3.63, 3.8) is 0 Å². The Hall–Kier alpha value is -2.59. The predicted molar refractivity (Wildman–Crippen MR) is 98.5 cm³/mol. The van der Waals surface area contributed by atoms with Crippen molar-refractivity contribution in [1.82, 2.24) is 4.98 Å². The Morgan fingerprint density at radius 1 is 1.09 bits per heavy atom. The molecular weight excluding hydrogens is 304 g/mol. The van der Waals surface area contributed by atoms with Gasteiger partial charge in [0, 0.05) is 16.6 Å². The molecule has 0 saturated heterocycles. The Morgan fingerprint density at radius 3 is 2.39 bits per heavy atom. The summed E-state index contributed by atoms with van der Waals surface area (Å²) in [5.41, 5.74) is 5.26. The second-order valence-corrected chi connectivity index (χ2v) is 6.11. The number of rotatable bonds is 5. The number of anilines is 2. The number of hydrogen-bond donors (Lipinski definition) is 1. The molecular formula is C19H18N2OS. The number of hydrogen-bond acceptors (Lipinski definition) is 4. The highest BCUT2D eigenvalue weighted by molar-refractivity contribution is 7.14. The fourth-order valence-electron chi connectivity index (χ4n) is 2.19. The maximum atomic E-state index is 5.18.